The van der Waals surface area contributed by atoms with E-state index in [2.05, 4.69) is 20.5 Å². The molecular weight excluding hydrogens is 288 g/mol. The molecule has 23 heavy (non-hydrogen) atoms. The molecule has 5 nitrogen and oxygen atoms in total. The lowest BCUT2D eigenvalue weighted by molar-refractivity contribution is -0.119. The van der Waals surface area contributed by atoms with Crippen molar-refractivity contribution in [2.75, 3.05) is 5.32 Å². The lowest BCUT2D eigenvalue weighted by Crippen LogP contribution is -2.20. The second-order valence-electron chi connectivity index (χ2n) is 6.05. The highest BCUT2D eigenvalue weighted by Crippen LogP contribution is 2.30. The zero-order chi connectivity index (χ0) is 15.6. The molecule has 4 rings (SSSR count). The monoisotopic (exact) mass is 306 g/mol. The number of amides is 1. The molecule has 1 saturated carbocycles. The average Bonchev–Trinajstić information content (AvgIpc) is 3.27. The van der Waals surface area contributed by atoms with Crippen LogP contribution >= 0.6 is 0 Å². The Hall–Kier alpha value is -2.69. The first-order valence-electron chi connectivity index (χ1n) is 8.00. The molecule has 1 fully saturated rings. The van der Waals surface area contributed by atoms with Crippen LogP contribution in [0.2, 0.25) is 0 Å². The van der Waals surface area contributed by atoms with Crippen LogP contribution in [0.5, 0.6) is 0 Å². The highest BCUT2D eigenvalue weighted by Gasteiger charge is 2.22. The highest BCUT2D eigenvalue weighted by atomic mass is 16.1. The summed E-state index contributed by atoms with van der Waals surface area (Å²) >= 11 is 0. The molecule has 2 heterocycles. The lowest BCUT2D eigenvalue weighted by atomic mass is 10.0. The van der Waals surface area contributed by atoms with Crippen LogP contribution in [0.1, 0.15) is 25.7 Å². The fourth-order valence-electron chi connectivity index (χ4n) is 3.31. The molecule has 116 valence electrons. The van der Waals surface area contributed by atoms with Gasteiger partial charge in [-0.25, -0.2) is 0 Å². The molecule has 0 unspecified atom stereocenters. The second-order valence-corrected chi connectivity index (χ2v) is 6.05. The smallest absolute Gasteiger partial charge is 0.227 e. The van der Waals surface area contributed by atoms with Crippen molar-refractivity contribution in [3.8, 4) is 11.1 Å². The van der Waals surface area contributed by atoms with Crippen LogP contribution in [-0.2, 0) is 4.79 Å². The molecule has 0 bridgehead atoms. The number of rotatable bonds is 3. The Morgan fingerprint density at radius 1 is 1.22 bits per heavy atom. The number of hydrogen-bond acceptors (Lipinski definition) is 3. The van der Waals surface area contributed by atoms with E-state index in [-0.39, 0.29) is 11.8 Å². The lowest BCUT2D eigenvalue weighted by Gasteiger charge is -2.12. The summed E-state index contributed by atoms with van der Waals surface area (Å²) in [6, 6.07) is 7.83. The number of carbonyl (C=O) groups is 1. The van der Waals surface area contributed by atoms with Gasteiger partial charge in [0.2, 0.25) is 5.91 Å². The summed E-state index contributed by atoms with van der Waals surface area (Å²) in [6.07, 6.45) is 9.76. The molecule has 3 aromatic rings. The van der Waals surface area contributed by atoms with Crippen LogP contribution in [0.15, 0.2) is 42.9 Å². The van der Waals surface area contributed by atoms with E-state index in [1.165, 1.54) is 0 Å². The third kappa shape index (κ3) is 2.70. The summed E-state index contributed by atoms with van der Waals surface area (Å²) in [5, 5.41) is 10.9. The number of pyridine rings is 1. The van der Waals surface area contributed by atoms with Gasteiger partial charge in [-0.15, -0.1) is 0 Å². The molecule has 0 radical (unpaired) electrons. The first-order chi connectivity index (χ1) is 11.3. The van der Waals surface area contributed by atoms with Crippen LogP contribution in [0.25, 0.3) is 22.0 Å². The van der Waals surface area contributed by atoms with Crippen LogP contribution < -0.4 is 5.32 Å². The van der Waals surface area contributed by atoms with Crippen molar-refractivity contribution < 1.29 is 4.79 Å². The Labute approximate surface area is 134 Å². The number of nitrogens with one attached hydrogen (secondary N) is 2. The van der Waals surface area contributed by atoms with E-state index in [0.29, 0.717) is 0 Å². The molecular formula is C18H18N4O. The Morgan fingerprint density at radius 2 is 2.09 bits per heavy atom. The highest BCUT2D eigenvalue weighted by molar-refractivity contribution is 5.99. The molecule has 1 aliphatic rings. The maximum absolute atomic E-state index is 12.3. The van der Waals surface area contributed by atoms with Crippen LogP contribution in [0.4, 0.5) is 5.69 Å². The van der Waals surface area contributed by atoms with Gasteiger partial charge in [0.1, 0.15) is 0 Å². The minimum atomic E-state index is 0.135. The molecule has 0 spiro atoms. The number of hydrogen-bond donors (Lipinski definition) is 2. The Balaban J connectivity index is 1.69. The van der Waals surface area contributed by atoms with Crippen molar-refractivity contribution in [2.24, 2.45) is 5.92 Å². The summed E-state index contributed by atoms with van der Waals surface area (Å²) < 4.78 is 0. The molecule has 1 aromatic carbocycles. The summed E-state index contributed by atoms with van der Waals surface area (Å²) in [7, 11) is 0. The van der Waals surface area contributed by atoms with Crippen LogP contribution in [-0.4, -0.2) is 21.1 Å². The number of aromatic amines is 1. The zero-order valence-corrected chi connectivity index (χ0v) is 12.7. The van der Waals surface area contributed by atoms with Gasteiger partial charge in [-0.3, -0.25) is 14.9 Å². The van der Waals surface area contributed by atoms with Crippen molar-refractivity contribution in [1.82, 2.24) is 15.2 Å². The van der Waals surface area contributed by atoms with Gasteiger partial charge in [0.05, 0.1) is 11.7 Å². The number of fused-ring (bicyclic) bond motifs is 1. The van der Waals surface area contributed by atoms with Gasteiger partial charge in [0.25, 0.3) is 0 Å². The second kappa shape index (κ2) is 5.83. The largest absolute Gasteiger partial charge is 0.326 e. The maximum atomic E-state index is 12.3. The number of carbonyl (C=O) groups excluding carboxylic acids is 1. The maximum Gasteiger partial charge on any atom is 0.227 e. The van der Waals surface area contributed by atoms with Crippen molar-refractivity contribution in [1.29, 1.82) is 0 Å². The summed E-state index contributed by atoms with van der Waals surface area (Å²) in [5.74, 6) is 0.295. The predicted molar refractivity (Wildman–Crippen MR) is 89.9 cm³/mol. The van der Waals surface area contributed by atoms with Crippen LogP contribution in [0.3, 0.4) is 0 Å². The summed E-state index contributed by atoms with van der Waals surface area (Å²) in [6.45, 7) is 0. The fraction of sp³-hybridized carbons (Fsp3) is 0.278. The number of aromatic nitrogens is 3. The van der Waals surface area contributed by atoms with E-state index in [0.717, 1.165) is 53.4 Å². The molecule has 0 atom stereocenters. The molecule has 2 aromatic heterocycles. The number of benzene rings is 1. The molecule has 5 heteroatoms. The predicted octanol–water partition coefficient (Wildman–Crippen LogP) is 3.75. The Bertz CT molecular complexity index is 835. The van der Waals surface area contributed by atoms with E-state index < -0.39 is 0 Å². The van der Waals surface area contributed by atoms with Gasteiger partial charge in [-0.1, -0.05) is 12.8 Å². The van der Waals surface area contributed by atoms with Gasteiger partial charge in [0.15, 0.2) is 0 Å². The first kappa shape index (κ1) is 13.9. The van der Waals surface area contributed by atoms with Gasteiger partial charge >= 0.3 is 0 Å². The topological polar surface area (TPSA) is 70.7 Å². The zero-order valence-electron chi connectivity index (χ0n) is 12.7. The van der Waals surface area contributed by atoms with E-state index in [9.17, 15) is 4.79 Å². The van der Waals surface area contributed by atoms with Gasteiger partial charge in [-0.05, 0) is 42.7 Å². The quantitative estimate of drug-likeness (QED) is 0.774. The van der Waals surface area contributed by atoms with Crippen molar-refractivity contribution in [3.63, 3.8) is 0 Å². The Morgan fingerprint density at radius 3 is 2.87 bits per heavy atom. The standard InChI is InChI=1S/C18H18N4O/c23-18(12-3-1-2-4-12)22-14-5-6-17-16(9-14)15(7-8-19-17)13-10-20-21-11-13/h5-12H,1-4H2,(H,20,21)(H,22,23). The molecule has 0 aliphatic heterocycles. The molecule has 1 aliphatic carbocycles. The third-order valence-corrected chi connectivity index (χ3v) is 4.54. The van der Waals surface area contributed by atoms with E-state index >= 15 is 0 Å². The minimum Gasteiger partial charge on any atom is -0.326 e. The van der Waals surface area contributed by atoms with Crippen molar-refractivity contribution in [2.45, 2.75) is 25.7 Å². The summed E-state index contributed by atoms with van der Waals surface area (Å²) in [5.41, 5.74) is 3.80. The third-order valence-electron chi connectivity index (χ3n) is 4.54. The molecule has 1 amide bonds. The van der Waals surface area contributed by atoms with Crippen molar-refractivity contribution in [3.05, 3.63) is 42.9 Å². The number of anilines is 1. The first-order valence-corrected chi connectivity index (χ1v) is 8.00. The normalized spacial score (nSPS) is 15.1. The summed E-state index contributed by atoms with van der Waals surface area (Å²) in [4.78, 5) is 16.7. The van der Waals surface area contributed by atoms with Crippen LogP contribution in [0, 0.1) is 5.92 Å². The van der Waals surface area contributed by atoms with Gasteiger partial charge in [0, 0.05) is 34.9 Å². The fourth-order valence-corrected chi connectivity index (χ4v) is 3.31. The number of H-pyrrole nitrogens is 1. The SMILES string of the molecule is O=C(Nc1ccc2nccc(-c3cn[nH]c3)c2c1)C1CCCC1. The van der Waals surface area contributed by atoms with E-state index in [1.54, 1.807) is 12.4 Å². The minimum absolute atomic E-state index is 0.135. The van der Waals surface area contributed by atoms with Gasteiger partial charge < -0.3 is 5.32 Å². The van der Waals surface area contributed by atoms with Gasteiger partial charge in [-0.2, -0.15) is 5.10 Å². The van der Waals surface area contributed by atoms with E-state index in [4.69, 9.17) is 0 Å². The average molecular weight is 306 g/mol. The molecule has 0 saturated heterocycles. The van der Waals surface area contributed by atoms with E-state index in [1.807, 2.05) is 30.5 Å². The number of nitrogens with zero attached hydrogens (tertiary/aromatic N) is 2. The Kier molecular flexibility index (Phi) is 3.54. The molecule has 2 N–H and O–H groups in total. The van der Waals surface area contributed by atoms with Crippen molar-refractivity contribution >= 4 is 22.5 Å².